The summed E-state index contributed by atoms with van der Waals surface area (Å²) < 4.78 is 0. The predicted molar refractivity (Wildman–Crippen MR) is 74.6 cm³/mol. The summed E-state index contributed by atoms with van der Waals surface area (Å²) in [4.78, 5) is 0. The first-order valence-electron chi connectivity index (χ1n) is 6.88. The Morgan fingerprint density at radius 2 is 1.65 bits per heavy atom. The van der Waals surface area contributed by atoms with Gasteiger partial charge >= 0.3 is 0 Å². The fourth-order valence-corrected chi connectivity index (χ4v) is 2.58. The molecule has 1 aromatic heterocycles. The van der Waals surface area contributed by atoms with Crippen LogP contribution in [0.4, 0.5) is 0 Å². The van der Waals surface area contributed by atoms with E-state index in [9.17, 15) is 0 Å². The van der Waals surface area contributed by atoms with Crippen LogP contribution in [0.25, 0.3) is 0 Å². The molecule has 17 heavy (non-hydrogen) atoms. The minimum Gasteiger partial charge on any atom is -0.316 e. The lowest BCUT2D eigenvalue weighted by Gasteiger charge is -1.98. The van der Waals surface area contributed by atoms with Gasteiger partial charge in [0.2, 0.25) is 0 Å². The standard InChI is InChI=1S/C13H25N3S/c1-3-5-6-7-8-12-15-16-13(17-12)9-11-14-10-4-2/h14H,3-11H2,1-2H3. The Kier molecular flexibility index (Phi) is 8.18. The van der Waals surface area contributed by atoms with E-state index >= 15 is 0 Å². The van der Waals surface area contributed by atoms with Crippen LogP contribution in [0.3, 0.4) is 0 Å². The second kappa shape index (κ2) is 9.54. The van der Waals surface area contributed by atoms with E-state index in [1.54, 1.807) is 11.3 Å². The van der Waals surface area contributed by atoms with Crippen molar-refractivity contribution in [2.24, 2.45) is 0 Å². The molecule has 0 spiro atoms. The number of aryl methyl sites for hydroxylation is 1. The van der Waals surface area contributed by atoms with Crippen molar-refractivity contribution in [1.29, 1.82) is 0 Å². The average Bonchev–Trinajstić information content (AvgIpc) is 2.78. The van der Waals surface area contributed by atoms with Crippen LogP contribution >= 0.6 is 11.3 Å². The van der Waals surface area contributed by atoms with Gasteiger partial charge in [0, 0.05) is 19.4 Å². The largest absolute Gasteiger partial charge is 0.316 e. The van der Waals surface area contributed by atoms with Gasteiger partial charge in [-0.3, -0.25) is 0 Å². The average molecular weight is 255 g/mol. The highest BCUT2D eigenvalue weighted by molar-refractivity contribution is 7.11. The van der Waals surface area contributed by atoms with Crippen LogP contribution in [0, 0.1) is 0 Å². The molecule has 1 aromatic rings. The van der Waals surface area contributed by atoms with Crippen molar-refractivity contribution in [1.82, 2.24) is 15.5 Å². The number of nitrogens with one attached hydrogen (secondary N) is 1. The third kappa shape index (κ3) is 6.74. The second-order valence-electron chi connectivity index (χ2n) is 4.40. The quantitative estimate of drug-likeness (QED) is 0.652. The normalized spacial score (nSPS) is 10.9. The summed E-state index contributed by atoms with van der Waals surface area (Å²) in [5.41, 5.74) is 0. The second-order valence-corrected chi connectivity index (χ2v) is 5.55. The minimum absolute atomic E-state index is 1.02. The van der Waals surface area contributed by atoms with Crippen molar-refractivity contribution in [2.45, 2.75) is 58.8 Å². The lowest BCUT2D eigenvalue weighted by atomic mass is 10.2. The Hall–Kier alpha value is -0.480. The number of rotatable bonds is 10. The van der Waals surface area contributed by atoms with Crippen LogP contribution in [0.15, 0.2) is 0 Å². The minimum atomic E-state index is 1.02. The van der Waals surface area contributed by atoms with Crippen LogP contribution < -0.4 is 5.32 Å². The number of hydrogen-bond acceptors (Lipinski definition) is 4. The van der Waals surface area contributed by atoms with Gasteiger partial charge in [0.15, 0.2) is 0 Å². The topological polar surface area (TPSA) is 37.8 Å². The zero-order valence-corrected chi connectivity index (χ0v) is 12.0. The van der Waals surface area contributed by atoms with E-state index in [4.69, 9.17) is 0 Å². The van der Waals surface area contributed by atoms with E-state index in [0.717, 1.165) is 25.9 Å². The molecule has 0 saturated heterocycles. The van der Waals surface area contributed by atoms with Crippen molar-refractivity contribution in [2.75, 3.05) is 13.1 Å². The fourth-order valence-electron chi connectivity index (χ4n) is 1.69. The first kappa shape index (κ1) is 14.6. The van der Waals surface area contributed by atoms with E-state index in [-0.39, 0.29) is 0 Å². The van der Waals surface area contributed by atoms with Crippen molar-refractivity contribution in [3.63, 3.8) is 0 Å². The summed E-state index contributed by atoms with van der Waals surface area (Å²) >= 11 is 1.79. The molecule has 0 unspecified atom stereocenters. The first-order chi connectivity index (χ1) is 8.36. The molecule has 0 aliphatic rings. The maximum absolute atomic E-state index is 4.25. The van der Waals surface area contributed by atoms with Gasteiger partial charge in [-0.2, -0.15) is 0 Å². The third-order valence-corrected chi connectivity index (χ3v) is 3.74. The molecule has 0 radical (unpaired) electrons. The van der Waals surface area contributed by atoms with Crippen LogP contribution in [-0.2, 0) is 12.8 Å². The van der Waals surface area contributed by atoms with Crippen LogP contribution in [0.1, 0.15) is 56.0 Å². The van der Waals surface area contributed by atoms with Crippen molar-refractivity contribution in [3.05, 3.63) is 10.0 Å². The molecule has 0 aliphatic heterocycles. The molecule has 4 heteroatoms. The van der Waals surface area contributed by atoms with Crippen molar-refractivity contribution in [3.8, 4) is 0 Å². The van der Waals surface area contributed by atoms with Gasteiger partial charge in [0.05, 0.1) is 0 Å². The highest BCUT2D eigenvalue weighted by Crippen LogP contribution is 2.13. The van der Waals surface area contributed by atoms with Crippen LogP contribution in [0.2, 0.25) is 0 Å². The van der Waals surface area contributed by atoms with E-state index in [1.165, 1.54) is 42.1 Å². The van der Waals surface area contributed by atoms with E-state index < -0.39 is 0 Å². The van der Waals surface area contributed by atoms with Gasteiger partial charge in [-0.25, -0.2) is 0 Å². The highest BCUT2D eigenvalue weighted by atomic mass is 32.1. The van der Waals surface area contributed by atoms with Crippen LogP contribution in [-0.4, -0.2) is 23.3 Å². The molecule has 1 N–H and O–H groups in total. The van der Waals surface area contributed by atoms with E-state index in [0.29, 0.717) is 0 Å². The Bertz CT molecular complexity index is 259. The highest BCUT2D eigenvalue weighted by Gasteiger charge is 2.03. The van der Waals surface area contributed by atoms with E-state index in [1.807, 2.05) is 0 Å². The summed E-state index contributed by atoms with van der Waals surface area (Å²) in [6.45, 7) is 6.56. The summed E-state index contributed by atoms with van der Waals surface area (Å²) in [5, 5.41) is 14.3. The fraction of sp³-hybridized carbons (Fsp3) is 0.846. The summed E-state index contributed by atoms with van der Waals surface area (Å²) in [7, 11) is 0. The molecule has 1 heterocycles. The molecule has 0 aliphatic carbocycles. The van der Waals surface area contributed by atoms with Gasteiger partial charge in [0.1, 0.15) is 10.0 Å². The first-order valence-corrected chi connectivity index (χ1v) is 7.70. The van der Waals surface area contributed by atoms with Gasteiger partial charge in [0.25, 0.3) is 0 Å². The van der Waals surface area contributed by atoms with E-state index in [2.05, 4.69) is 29.4 Å². The Balaban J connectivity index is 2.14. The van der Waals surface area contributed by atoms with Gasteiger partial charge in [-0.15, -0.1) is 21.5 Å². The number of unbranched alkanes of at least 4 members (excludes halogenated alkanes) is 3. The van der Waals surface area contributed by atoms with Crippen molar-refractivity contribution < 1.29 is 0 Å². The lowest BCUT2D eigenvalue weighted by molar-refractivity contribution is 0.660. The van der Waals surface area contributed by atoms with Gasteiger partial charge in [-0.1, -0.05) is 33.1 Å². The molecule has 0 saturated carbocycles. The maximum atomic E-state index is 4.25. The van der Waals surface area contributed by atoms with Crippen molar-refractivity contribution >= 4 is 11.3 Å². The van der Waals surface area contributed by atoms with Crippen LogP contribution in [0.5, 0.6) is 0 Å². The van der Waals surface area contributed by atoms with Gasteiger partial charge < -0.3 is 5.32 Å². The third-order valence-electron chi connectivity index (χ3n) is 2.70. The Morgan fingerprint density at radius 1 is 0.882 bits per heavy atom. The number of nitrogens with zero attached hydrogens (tertiary/aromatic N) is 2. The Morgan fingerprint density at radius 3 is 2.35 bits per heavy atom. The summed E-state index contributed by atoms with van der Waals surface area (Å²) in [6, 6.07) is 0. The molecular formula is C13H25N3S. The lowest BCUT2D eigenvalue weighted by Crippen LogP contribution is -2.17. The monoisotopic (exact) mass is 255 g/mol. The molecule has 0 fully saturated rings. The maximum Gasteiger partial charge on any atom is 0.118 e. The smallest absolute Gasteiger partial charge is 0.118 e. The number of aromatic nitrogens is 2. The summed E-state index contributed by atoms with van der Waals surface area (Å²) in [6.07, 6.45) is 8.54. The molecule has 0 bridgehead atoms. The Labute approximate surface area is 109 Å². The molecule has 98 valence electrons. The molecular weight excluding hydrogens is 230 g/mol. The number of hydrogen-bond donors (Lipinski definition) is 1. The molecule has 0 amide bonds. The SMILES string of the molecule is CCCCCCc1nnc(CCNCCC)s1. The molecule has 0 atom stereocenters. The molecule has 1 rings (SSSR count). The zero-order valence-electron chi connectivity index (χ0n) is 11.2. The summed E-state index contributed by atoms with van der Waals surface area (Å²) in [5.74, 6) is 0. The molecule has 0 aromatic carbocycles. The van der Waals surface area contributed by atoms with Gasteiger partial charge in [-0.05, 0) is 19.4 Å². The zero-order chi connectivity index (χ0) is 12.3. The predicted octanol–water partition coefficient (Wildman–Crippen LogP) is 3.20. The molecule has 3 nitrogen and oxygen atoms in total.